The van der Waals surface area contributed by atoms with E-state index >= 15 is 0 Å². The van der Waals surface area contributed by atoms with E-state index in [0.29, 0.717) is 12.1 Å². The number of rotatable bonds is 3. The van der Waals surface area contributed by atoms with Crippen molar-refractivity contribution >= 4 is 5.82 Å². The fourth-order valence-electron chi connectivity index (χ4n) is 2.42. The van der Waals surface area contributed by atoms with Gasteiger partial charge in [-0.25, -0.2) is 8.78 Å². The van der Waals surface area contributed by atoms with Crippen molar-refractivity contribution in [3.8, 4) is 0 Å². The maximum Gasteiger partial charge on any atom is 0.251 e. The minimum absolute atomic E-state index is 0.0532. The summed E-state index contributed by atoms with van der Waals surface area (Å²) in [4.78, 5) is 5.62. The van der Waals surface area contributed by atoms with Crippen LogP contribution in [0.15, 0.2) is 6.07 Å². The SMILES string of the molecule is Fc1cc(F)c(NC2CCN(C3CC3)C2)nc1F. The standard InChI is InChI=1S/C12H14F3N3/c13-9-5-10(14)12(17-11(9)15)16-7-3-4-18(6-7)8-1-2-8/h5,7-8H,1-4,6H2,(H,16,17). The van der Waals surface area contributed by atoms with Crippen molar-refractivity contribution in [2.45, 2.75) is 31.3 Å². The quantitative estimate of drug-likeness (QED) is 0.841. The monoisotopic (exact) mass is 257 g/mol. The zero-order valence-electron chi connectivity index (χ0n) is 9.80. The molecule has 1 atom stereocenters. The molecule has 1 aliphatic heterocycles. The fraction of sp³-hybridized carbons (Fsp3) is 0.583. The van der Waals surface area contributed by atoms with Crippen molar-refractivity contribution in [3.63, 3.8) is 0 Å². The van der Waals surface area contributed by atoms with Gasteiger partial charge in [0.1, 0.15) is 0 Å². The Morgan fingerprint density at radius 1 is 1.17 bits per heavy atom. The molecule has 2 aliphatic rings. The molecule has 18 heavy (non-hydrogen) atoms. The van der Waals surface area contributed by atoms with Crippen LogP contribution in [0.25, 0.3) is 0 Å². The average Bonchev–Trinajstić information content (AvgIpc) is 3.07. The van der Waals surface area contributed by atoms with Gasteiger partial charge in [0, 0.05) is 31.2 Å². The molecule has 6 heteroatoms. The maximum atomic E-state index is 13.4. The molecule has 3 rings (SSSR count). The molecule has 1 aliphatic carbocycles. The second kappa shape index (κ2) is 4.42. The maximum absolute atomic E-state index is 13.4. The van der Waals surface area contributed by atoms with Crippen molar-refractivity contribution in [2.75, 3.05) is 18.4 Å². The summed E-state index contributed by atoms with van der Waals surface area (Å²) in [5.41, 5.74) is 0. The van der Waals surface area contributed by atoms with Crippen LogP contribution >= 0.6 is 0 Å². The number of anilines is 1. The summed E-state index contributed by atoms with van der Waals surface area (Å²) < 4.78 is 39.1. The van der Waals surface area contributed by atoms with E-state index in [0.717, 1.165) is 19.5 Å². The van der Waals surface area contributed by atoms with Gasteiger partial charge in [0.05, 0.1) is 0 Å². The van der Waals surface area contributed by atoms with Crippen molar-refractivity contribution < 1.29 is 13.2 Å². The Bertz CT molecular complexity index is 462. The molecular formula is C12H14F3N3. The van der Waals surface area contributed by atoms with Crippen LogP contribution in [0, 0.1) is 17.6 Å². The van der Waals surface area contributed by atoms with Crippen molar-refractivity contribution in [1.29, 1.82) is 0 Å². The van der Waals surface area contributed by atoms with Gasteiger partial charge in [-0.3, -0.25) is 4.90 Å². The summed E-state index contributed by atoms with van der Waals surface area (Å²) >= 11 is 0. The van der Waals surface area contributed by atoms with E-state index in [1.54, 1.807) is 0 Å². The van der Waals surface area contributed by atoms with Gasteiger partial charge in [-0.1, -0.05) is 0 Å². The van der Waals surface area contributed by atoms with Crippen molar-refractivity contribution in [3.05, 3.63) is 23.6 Å². The average molecular weight is 257 g/mol. The third kappa shape index (κ3) is 2.29. The molecule has 1 aromatic heterocycles. The molecule has 2 heterocycles. The molecule has 2 fully saturated rings. The lowest BCUT2D eigenvalue weighted by atomic mass is 10.2. The summed E-state index contributed by atoms with van der Waals surface area (Å²) in [6.07, 6.45) is 3.33. The Balaban J connectivity index is 1.67. The number of nitrogens with one attached hydrogen (secondary N) is 1. The van der Waals surface area contributed by atoms with Crippen LogP contribution < -0.4 is 5.32 Å². The minimum Gasteiger partial charge on any atom is -0.363 e. The number of aromatic nitrogens is 1. The zero-order valence-corrected chi connectivity index (χ0v) is 9.80. The smallest absolute Gasteiger partial charge is 0.251 e. The molecule has 0 spiro atoms. The lowest BCUT2D eigenvalue weighted by molar-refractivity contribution is 0.326. The second-order valence-corrected chi connectivity index (χ2v) is 4.95. The lowest BCUT2D eigenvalue weighted by Gasteiger charge is -2.16. The van der Waals surface area contributed by atoms with Crippen LogP contribution in [0.2, 0.25) is 0 Å². The highest BCUT2D eigenvalue weighted by Crippen LogP contribution is 2.30. The van der Waals surface area contributed by atoms with Gasteiger partial charge in [0.15, 0.2) is 17.5 Å². The number of nitrogens with zero attached hydrogens (tertiary/aromatic N) is 2. The van der Waals surface area contributed by atoms with Gasteiger partial charge >= 0.3 is 0 Å². The van der Waals surface area contributed by atoms with E-state index in [-0.39, 0.29) is 11.9 Å². The van der Waals surface area contributed by atoms with E-state index in [2.05, 4.69) is 15.2 Å². The van der Waals surface area contributed by atoms with Crippen LogP contribution in [0.1, 0.15) is 19.3 Å². The highest BCUT2D eigenvalue weighted by atomic mass is 19.2. The van der Waals surface area contributed by atoms with E-state index in [4.69, 9.17) is 0 Å². The third-order valence-electron chi connectivity index (χ3n) is 3.51. The summed E-state index contributed by atoms with van der Waals surface area (Å²) in [6.45, 7) is 1.78. The number of likely N-dealkylation sites (tertiary alicyclic amines) is 1. The fourth-order valence-corrected chi connectivity index (χ4v) is 2.42. The Morgan fingerprint density at radius 2 is 1.94 bits per heavy atom. The van der Waals surface area contributed by atoms with Crippen molar-refractivity contribution in [2.24, 2.45) is 0 Å². The van der Waals surface area contributed by atoms with Crippen LogP contribution in [-0.4, -0.2) is 35.1 Å². The van der Waals surface area contributed by atoms with Crippen LogP contribution in [0.5, 0.6) is 0 Å². The highest BCUT2D eigenvalue weighted by Gasteiger charge is 2.34. The van der Waals surface area contributed by atoms with Gasteiger partial charge in [0.2, 0.25) is 0 Å². The Labute approximate surface area is 103 Å². The number of hydrogen-bond donors (Lipinski definition) is 1. The molecule has 1 unspecified atom stereocenters. The first kappa shape index (κ1) is 11.8. The molecule has 1 saturated heterocycles. The summed E-state index contributed by atoms with van der Waals surface area (Å²) in [6, 6.07) is 1.25. The molecule has 98 valence electrons. The van der Waals surface area contributed by atoms with E-state index in [1.807, 2.05) is 0 Å². The van der Waals surface area contributed by atoms with Gasteiger partial charge in [0.25, 0.3) is 5.95 Å². The second-order valence-electron chi connectivity index (χ2n) is 4.95. The predicted octanol–water partition coefficient (Wildman–Crippen LogP) is 2.15. The highest BCUT2D eigenvalue weighted by molar-refractivity contribution is 5.37. The number of halogens is 3. The minimum atomic E-state index is -1.27. The molecule has 1 N–H and O–H groups in total. The van der Waals surface area contributed by atoms with Gasteiger partial charge < -0.3 is 5.32 Å². The Hall–Kier alpha value is -1.30. The predicted molar refractivity (Wildman–Crippen MR) is 60.7 cm³/mol. The zero-order chi connectivity index (χ0) is 12.7. The lowest BCUT2D eigenvalue weighted by Crippen LogP contribution is -2.28. The van der Waals surface area contributed by atoms with Crippen LogP contribution in [0.3, 0.4) is 0 Å². The van der Waals surface area contributed by atoms with Crippen molar-refractivity contribution in [1.82, 2.24) is 9.88 Å². The van der Waals surface area contributed by atoms with E-state index < -0.39 is 17.6 Å². The number of pyridine rings is 1. The topological polar surface area (TPSA) is 28.2 Å². The summed E-state index contributed by atoms with van der Waals surface area (Å²) in [5.74, 6) is -3.57. The van der Waals surface area contributed by atoms with E-state index in [9.17, 15) is 13.2 Å². The molecule has 1 saturated carbocycles. The third-order valence-corrected chi connectivity index (χ3v) is 3.51. The van der Waals surface area contributed by atoms with Gasteiger partial charge in [-0.2, -0.15) is 9.37 Å². The first-order chi connectivity index (χ1) is 8.63. The molecule has 0 bridgehead atoms. The molecule has 0 aromatic carbocycles. The van der Waals surface area contributed by atoms with Gasteiger partial charge in [-0.05, 0) is 19.3 Å². The summed E-state index contributed by atoms with van der Waals surface area (Å²) in [7, 11) is 0. The summed E-state index contributed by atoms with van der Waals surface area (Å²) in [5, 5.41) is 2.86. The molecule has 1 aromatic rings. The largest absolute Gasteiger partial charge is 0.363 e. The first-order valence-electron chi connectivity index (χ1n) is 6.15. The Kier molecular flexibility index (Phi) is 2.89. The first-order valence-corrected chi connectivity index (χ1v) is 6.15. The van der Waals surface area contributed by atoms with Crippen LogP contribution in [0.4, 0.5) is 19.0 Å². The van der Waals surface area contributed by atoms with E-state index in [1.165, 1.54) is 12.8 Å². The van der Waals surface area contributed by atoms with Crippen LogP contribution in [-0.2, 0) is 0 Å². The normalized spacial score (nSPS) is 24.5. The Morgan fingerprint density at radius 3 is 2.67 bits per heavy atom. The molecular weight excluding hydrogens is 243 g/mol. The molecule has 3 nitrogen and oxygen atoms in total. The molecule has 0 radical (unpaired) electrons. The van der Waals surface area contributed by atoms with Gasteiger partial charge in [-0.15, -0.1) is 0 Å². The number of hydrogen-bond acceptors (Lipinski definition) is 3. The molecule has 0 amide bonds.